The SMILES string of the molecule is O=C(O)CCC(=O)OC(c1ccccc1)C1CCCC1. The Morgan fingerprint density at radius 2 is 1.80 bits per heavy atom. The summed E-state index contributed by atoms with van der Waals surface area (Å²) in [6.45, 7) is 0. The van der Waals surface area contributed by atoms with Gasteiger partial charge in [0.15, 0.2) is 0 Å². The van der Waals surface area contributed by atoms with Crippen molar-refractivity contribution in [2.24, 2.45) is 5.92 Å². The number of benzene rings is 1. The van der Waals surface area contributed by atoms with E-state index in [9.17, 15) is 9.59 Å². The van der Waals surface area contributed by atoms with Gasteiger partial charge in [0.1, 0.15) is 6.10 Å². The predicted molar refractivity (Wildman–Crippen MR) is 74.1 cm³/mol. The molecule has 1 aliphatic rings. The van der Waals surface area contributed by atoms with E-state index in [-0.39, 0.29) is 18.9 Å². The lowest BCUT2D eigenvalue weighted by Gasteiger charge is -2.24. The topological polar surface area (TPSA) is 63.6 Å². The summed E-state index contributed by atoms with van der Waals surface area (Å²) in [6, 6.07) is 9.73. The summed E-state index contributed by atoms with van der Waals surface area (Å²) >= 11 is 0. The Morgan fingerprint density at radius 3 is 2.40 bits per heavy atom. The number of carboxylic acids is 1. The van der Waals surface area contributed by atoms with Crippen LogP contribution in [0.15, 0.2) is 30.3 Å². The first kappa shape index (κ1) is 14.6. The van der Waals surface area contributed by atoms with Crippen molar-refractivity contribution < 1.29 is 19.4 Å². The molecule has 0 radical (unpaired) electrons. The fraction of sp³-hybridized carbons (Fsp3) is 0.500. The van der Waals surface area contributed by atoms with E-state index in [1.165, 1.54) is 12.8 Å². The van der Waals surface area contributed by atoms with Crippen molar-refractivity contribution in [1.82, 2.24) is 0 Å². The highest BCUT2D eigenvalue weighted by molar-refractivity contribution is 5.76. The molecule has 1 N–H and O–H groups in total. The molecule has 0 heterocycles. The van der Waals surface area contributed by atoms with Crippen molar-refractivity contribution in [3.05, 3.63) is 35.9 Å². The number of hydrogen-bond acceptors (Lipinski definition) is 3. The lowest BCUT2D eigenvalue weighted by Crippen LogP contribution is -2.18. The van der Waals surface area contributed by atoms with Gasteiger partial charge in [-0.05, 0) is 18.4 Å². The second-order valence-electron chi connectivity index (χ2n) is 5.26. The quantitative estimate of drug-likeness (QED) is 0.809. The zero-order chi connectivity index (χ0) is 14.4. The molecule has 0 bridgehead atoms. The molecule has 1 atom stereocenters. The number of carbonyl (C=O) groups excluding carboxylic acids is 1. The van der Waals surface area contributed by atoms with Crippen LogP contribution in [0.25, 0.3) is 0 Å². The molecule has 0 amide bonds. The van der Waals surface area contributed by atoms with Crippen molar-refractivity contribution in [3.63, 3.8) is 0 Å². The lowest BCUT2D eigenvalue weighted by molar-refractivity contribution is -0.154. The Labute approximate surface area is 118 Å². The minimum absolute atomic E-state index is 0.0641. The first-order chi connectivity index (χ1) is 9.66. The average molecular weight is 276 g/mol. The van der Waals surface area contributed by atoms with Crippen LogP contribution >= 0.6 is 0 Å². The molecular weight excluding hydrogens is 256 g/mol. The molecule has 1 saturated carbocycles. The molecule has 0 saturated heterocycles. The second kappa shape index (κ2) is 7.08. The van der Waals surface area contributed by atoms with Gasteiger partial charge in [-0.15, -0.1) is 0 Å². The molecule has 1 aromatic rings. The Morgan fingerprint density at radius 1 is 1.15 bits per heavy atom. The van der Waals surface area contributed by atoms with E-state index in [0.29, 0.717) is 5.92 Å². The molecule has 1 unspecified atom stereocenters. The van der Waals surface area contributed by atoms with Crippen LogP contribution in [0.1, 0.15) is 50.2 Å². The Bertz CT molecular complexity index is 449. The van der Waals surface area contributed by atoms with E-state index < -0.39 is 11.9 Å². The van der Waals surface area contributed by atoms with Crippen molar-refractivity contribution in [1.29, 1.82) is 0 Å². The summed E-state index contributed by atoms with van der Waals surface area (Å²) in [6.07, 6.45) is 3.98. The minimum atomic E-state index is -0.973. The van der Waals surface area contributed by atoms with Crippen LogP contribution < -0.4 is 0 Å². The smallest absolute Gasteiger partial charge is 0.306 e. The van der Waals surface area contributed by atoms with E-state index in [4.69, 9.17) is 9.84 Å². The van der Waals surface area contributed by atoms with Gasteiger partial charge in [-0.25, -0.2) is 0 Å². The average Bonchev–Trinajstić information content (AvgIpc) is 2.97. The molecule has 4 heteroatoms. The maximum atomic E-state index is 11.8. The number of rotatable bonds is 6. The zero-order valence-corrected chi connectivity index (χ0v) is 11.5. The van der Waals surface area contributed by atoms with Gasteiger partial charge in [0, 0.05) is 5.92 Å². The standard InChI is InChI=1S/C16H20O4/c17-14(18)10-11-15(19)20-16(13-8-4-5-9-13)12-6-2-1-3-7-12/h1-3,6-7,13,16H,4-5,8-11H2,(H,17,18). The number of carbonyl (C=O) groups is 2. The molecule has 4 nitrogen and oxygen atoms in total. The van der Waals surface area contributed by atoms with E-state index in [1.54, 1.807) is 0 Å². The lowest BCUT2D eigenvalue weighted by atomic mass is 9.94. The van der Waals surface area contributed by atoms with E-state index in [2.05, 4.69) is 0 Å². The Kier molecular flexibility index (Phi) is 5.16. The van der Waals surface area contributed by atoms with E-state index in [1.807, 2.05) is 30.3 Å². The molecule has 0 spiro atoms. The van der Waals surface area contributed by atoms with Gasteiger partial charge < -0.3 is 9.84 Å². The summed E-state index contributed by atoms with van der Waals surface area (Å²) in [7, 11) is 0. The number of esters is 1. The number of carboxylic acid groups (broad SMARTS) is 1. The monoisotopic (exact) mass is 276 g/mol. The van der Waals surface area contributed by atoms with Crippen LogP contribution in [0.5, 0.6) is 0 Å². The summed E-state index contributed by atoms with van der Waals surface area (Å²) in [4.78, 5) is 22.3. The number of ether oxygens (including phenoxy) is 1. The van der Waals surface area contributed by atoms with Crippen LogP contribution in [0.2, 0.25) is 0 Å². The maximum absolute atomic E-state index is 11.8. The van der Waals surface area contributed by atoms with Crippen LogP contribution in [-0.2, 0) is 14.3 Å². The van der Waals surface area contributed by atoms with E-state index in [0.717, 1.165) is 18.4 Å². The minimum Gasteiger partial charge on any atom is -0.481 e. The molecule has 1 fully saturated rings. The molecule has 1 aliphatic carbocycles. The van der Waals surface area contributed by atoms with Gasteiger partial charge in [-0.2, -0.15) is 0 Å². The third-order valence-corrected chi connectivity index (χ3v) is 3.76. The van der Waals surface area contributed by atoms with Crippen molar-refractivity contribution in [2.75, 3.05) is 0 Å². The predicted octanol–water partition coefficient (Wildman–Crippen LogP) is 3.33. The molecule has 108 valence electrons. The van der Waals surface area contributed by atoms with Gasteiger partial charge >= 0.3 is 11.9 Å². The van der Waals surface area contributed by atoms with Crippen molar-refractivity contribution in [2.45, 2.75) is 44.6 Å². The molecule has 0 aliphatic heterocycles. The van der Waals surface area contributed by atoms with Crippen molar-refractivity contribution in [3.8, 4) is 0 Å². The molecule has 0 aromatic heterocycles. The van der Waals surface area contributed by atoms with Crippen LogP contribution in [0.3, 0.4) is 0 Å². The zero-order valence-electron chi connectivity index (χ0n) is 11.5. The fourth-order valence-electron chi connectivity index (χ4n) is 2.75. The summed E-state index contributed by atoms with van der Waals surface area (Å²) in [5.74, 6) is -1.04. The van der Waals surface area contributed by atoms with Gasteiger partial charge in [-0.3, -0.25) is 9.59 Å². The normalized spacial score (nSPS) is 16.8. The van der Waals surface area contributed by atoms with E-state index >= 15 is 0 Å². The molecular formula is C16H20O4. The highest BCUT2D eigenvalue weighted by Crippen LogP contribution is 2.38. The summed E-state index contributed by atoms with van der Waals surface area (Å²) in [5.41, 5.74) is 1.00. The van der Waals surface area contributed by atoms with Crippen molar-refractivity contribution >= 4 is 11.9 Å². The molecule has 2 rings (SSSR count). The third-order valence-electron chi connectivity index (χ3n) is 3.76. The number of aliphatic carboxylic acids is 1. The first-order valence-corrected chi connectivity index (χ1v) is 7.13. The van der Waals surface area contributed by atoms with Gasteiger partial charge in [0.2, 0.25) is 0 Å². The first-order valence-electron chi connectivity index (χ1n) is 7.13. The van der Waals surface area contributed by atoms with Gasteiger partial charge in [0.05, 0.1) is 12.8 Å². The fourth-order valence-corrected chi connectivity index (χ4v) is 2.75. The Balaban J connectivity index is 2.03. The van der Waals surface area contributed by atoms with Crippen LogP contribution in [0.4, 0.5) is 0 Å². The molecule has 1 aromatic carbocycles. The van der Waals surface area contributed by atoms with Gasteiger partial charge in [0.25, 0.3) is 0 Å². The highest BCUT2D eigenvalue weighted by atomic mass is 16.5. The van der Waals surface area contributed by atoms with Crippen LogP contribution in [0, 0.1) is 5.92 Å². The second-order valence-corrected chi connectivity index (χ2v) is 5.26. The number of hydrogen-bond donors (Lipinski definition) is 1. The van der Waals surface area contributed by atoms with Gasteiger partial charge in [-0.1, -0.05) is 43.2 Å². The highest BCUT2D eigenvalue weighted by Gasteiger charge is 2.29. The molecule has 20 heavy (non-hydrogen) atoms. The summed E-state index contributed by atoms with van der Waals surface area (Å²) in [5, 5.41) is 8.62. The summed E-state index contributed by atoms with van der Waals surface area (Å²) < 4.78 is 5.57. The largest absolute Gasteiger partial charge is 0.481 e. The van der Waals surface area contributed by atoms with Crippen LogP contribution in [-0.4, -0.2) is 17.0 Å². The Hall–Kier alpha value is -1.84. The maximum Gasteiger partial charge on any atom is 0.306 e. The third kappa shape index (κ3) is 4.08.